The SMILES string of the molecule is O=[N+]([O-])c1ccc(OCC2(CS)CCOCC2)cc1. The van der Waals surface area contributed by atoms with E-state index in [4.69, 9.17) is 9.47 Å². The van der Waals surface area contributed by atoms with Gasteiger partial charge in [0.25, 0.3) is 5.69 Å². The number of nitro benzene ring substituents is 1. The maximum absolute atomic E-state index is 10.6. The first-order valence-electron chi connectivity index (χ1n) is 6.21. The zero-order valence-corrected chi connectivity index (χ0v) is 11.5. The van der Waals surface area contributed by atoms with Gasteiger partial charge in [-0.3, -0.25) is 10.1 Å². The van der Waals surface area contributed by atoms with Crippen LogP contribution in [0.5, 0.6) is 5.75 Å². The molecule has 0 unspecified atom stereocenters. The molecule has 6 heteroatoms. The molecule has 1 heterocycles. The number of non-ortho nitro benzene ring substituents is 1. The third kappa shape index (κ3) is 3.61. The lowest BCUT2D eigenvalue weighted by Crippen LogP contribution is -2.36. The van der Waals surface area contributed by atoms with Crippen LogP contribution in [0.2, 0.25) is 0 Å². The molecule has 1 aromatic rings. The summed E-state index contributed by atoms with van der Waals surface area (Å²) in [6.45, 7) is 2.05. The molecule has 0 N–H and O–H groups in total. The second-order valence-electron chi connectivity index (χ2n) is 4.81. The summed E-state index contributed by atoms with van der Waals surface area (Å²) in [6.07, 6.45) is 1.87. The number of nitrogens with zero attached hydrogens (tertiary/aromatic N) is 1. The van der Waals surface area contributed by atoms with E-state index in [-0.39, 0.29) is 11.1 Å². The maximum Gasteiger partial charge on any atom is 0.269 e. The summed E-state index contributed by atoms with van der Waals surface area (Å²) in [4.78, 5) is 10.1. The van der Waals surface area contributed by atoms with Crippen molar-refractivity contribution in [1.29, 1.82) is 0 Å². The van der Waals surface area contributed by atoms with Gasteiger partial charge in [0, 0.05) is 30.8 Å². The summed E-state index contributed by atoms with van der Waals surface area (Å²) in [5.74, 6) is 1.40. The molecule has 2 rings (SSSR count). The highest BCUT2D eigenvalue weighted by atomic mass is 32.1. The molecule has 0 atom stereocenters. The molecule has 0 amide bonds. The quantitative estimate of drug-likeness (QED) is 0.513. The van der Waals surface area contributed by atoms with Crippen LogP contribution in [0.4, 0.5) is 5.69 Å². The number of ether oxygens (including phenoxy) is 2. The van der Waals surface area contributed by atoms with Gasteiger partial charge < -0.3 is 9.47 Å². The number of hydrogen-bond donors (Lipinski definition) is 1. The van der Waals surface area contributed by atoms with E-state index in [1.807, 2.05) is 0 Å². The van der Waals surface area contributed by atoms with Gasteiger partial charge in [0.1, 0.15) is 5.75 Å². The molecule has 1 aliphatic heterocycles. The number of rotatable bonds is 5. The third-order valence-corrected chi connectivity index (χ3v) is 4.15. The van der Waals surface area contributed by atoms with Gasteiger partial charge >= 0.3 is 0 Å². The van der Waals surface area contributed by atoms with Crippen molar-refractivity contribution in [2.24, 2.45) is 5.41 Å². The van der Waals surface area contributed by atoms with Crippen LogP contribution in [0.1, 0.15) is 12.8 Å². The van der Waals surface area contributed by atoms with Gasteiger partial charge in [0.15, 0.2) is 0 Å². The second-order valence-corrected chi connectivity index (χ2v) is 5.13. The van der Waals surface area contributed by atoms with Crippen LogP contribution in [0, 0.1) is 15.5 Å². The molecule has 1 aromatic carbocycles. The van der Waals surface area contributed by atoms with E-state index in [2.05, 4.69) is 12.6 Å². The Morgan fingerprint density at radius 3 is 2.47 bits per heavy atom. The van der Waals surface area contributed by atoms with E-state index < -0.39 is 4.92 Å². The van der Waals surface area contributed by atoms with Gasteiger partial charge in [-0.05, 0) is 30.7 Å². The zero-order valence-electron chi connectivity index (χ0n) is 10.6. The normalized spacial score (nSPS) is 17.9. The summed E-state index contributed by atoms with van der Waals surface area (Å²) in [5.41, 5.74) is 0.116. The minimum Gasteiger partial charge on any atom is -0.493 e. The third-order valence-electron chi connectivity index (χ3n) is 3.48. The van der Waals surface area contributed by atoms with Gasteiger partial charge in [-0.15, -0.1) is 0 Å². The van der Waals surface area contributed by atoms with E-state index in [1.54, 1.807) is 12.1 Å². The topological polar surface area (TPSA) is 61.6 Å². The Kier molecular flexibility index (Phi) is 4.66. The van der Waals surface area contributed by atoms with Crippen LogP contribution in [-0.4, -0.2) is 30.5 Å². The molecule has 19 heavy (non-hydrogen) atoms. The lowest BCUT2D eigenvalue weighted by atomic mass is 9.83. The monoisotopic (exact) mass is 283 g/mol. The Labute approximate surface area is 117 Å². The number of thiol groups is 1. The smallest absolute Gasteiger partial charge is 0.269 e. The zero-order chi connectivity index (χ0) is 13.7. The molecule has 1 saturated heterocycles. The second kappa shape index (κ2) is 6.25. The molecule has 1 fully saturated rings. The van der Waals surface area contributed by atoms with Gasteiger partial charge in [-0.25, -0.2) is 0 Å². The van der Waals surface area contributed by atoms with Crippen LogP contribution < -0.4 is 4.74 Å². The summed E-state index contributed by atoms with van der Waals surface area (Å²) >= 11 is 4.41. The van der Waals surface area contributed by atoms with E-state index in [0.717, 1.165) is 31.8 Å². The summed E-state index contributed by atoms with van der Waals surface area (Å²) < 4.78 is 11.1. The lowest BCUT2D eigenvalue weighted by molar-refractivity contribution is -0.384. The molecule has 5 nitrogen and oxygen atoms in total. The van der Waals surface area contributed by atoms with Crippen molar-refractivity contribution >= 4 is 18.3 Å². The van der Waals surface area contributed by atoms with E-state index in [9.17, 15) is 10.1 Å². The predicted molar refractivity (Wildman–Crippen MR) is 74.9 cm³/mol. The van der Waals surface area contributed by atoms with E-state index in [0.29, 0.717) is 12.4 Å². The molecular weight excluding hydrogens is 266 g/mol. The molecule has 0 aromatic heterocycles. The first kappa shape index (κ1) is 14.1. The van der Waals surface area contributed by atoms with Crippen LogP contribution in [0.3, 0.4) is 0 Å². The van der Waals surface area contributed by atoms with Crippen molar-refractivity contribution in [1.82, 2.24) is 0 Å². The number of hydrogen-bond acceptors (Lipinski definition) is 5. The van der Waals surface area contributed by atoms with Gasteiger partial charge in [0.2, 0.25) is 0 Å². The highest BCUT2D eigenvalue weighted by Gasteiger charge is 2.32. The highest BCUT2D eigenvalue weighted by Crippen LogP contribution is 2.32. The summed E-state index contributed by atoms with van der Waals surface area (Å²) in [6, 6.07) is 6.16. The minimum absolute atomic E-state index is 0.0448. The van der Waals surface area contributed by atoms with Crippen molar-refractivity contribution in [2.45, 2.75) is 12.8 Å². The van der Waals surface area contributed by atoms with Crippen LogP contribution in [-0.2, 0) is 4.74 Å². The average Bonchev–Trinajstić information content (AvgIpc) is 2.46. The molecule has 0 saturated carbocycles. The number of nitro groups is 1. The largest absolute Gasteiger partial charge is 0.493 e. The standard InChI is InChI=1S/C13H17NO4S/c15-14(16)11-1-3-12(4-2-11)18-9-13(10-19)5-7-17-8-6-13/h1-4,19H,5-10H2. The lowest BCUT2D eigenvalue weighted by Gasteiger charge is -2.35. The first-order chi connectivity index (χ1) is 9.15. The fourth-order valence-electron chi connectivity index (χ4n) is 2.05. The Hall–Kier alpha value is -1.27. The fraction of sp³-hybridized carbons (Fsp3) is 0.538. The van der Waals surface area contributed by atoms with E-state index in [1.165, 1.54) is 12.1 Å². The van der Waals surface area contributed by atoms with Crippen molar-refractivity contribution in [3.8, 4) is 5.75 Å². The first-order valence-corrected chi connectivity index (χ1v) is 6.84. The van der Waals surface area contributed by atoms with Crippen LogP contribution in [0.25, 0.3) is 0 Å². The van der Waals surface area contributed by atoms with Crippen molar-refractivity contribution in [3.05, 3.63) is 34.4 Å². The van der Waals surface area contributed by atoms with Crippen molar-refractivity contribution < 1.29 is 14.4 Å². The Bertz CT molecular complexity index is 429. The number of benzene rings is 1. The molecular formula is C13H17NO4S. The molecule has 0 radical (unpaired) electrons. The summed E-state index contributed by atoms with van der Waals surface area (Å²) in [5, 5.41) is 10.6. The maximum atomic E-state index is 10.6. The van der Waals surface area contributed by atoms with E-state index >= 15 is 0 Å². The highest BCUT2D eigenvalue weighted by molar-refractivity contribution is 7.80. The predicted octanol–water partition coefficient (Wildman–Crippen LogP) is 2.70. The molecule has 0 aliphatic carbocycles. The fourth-order valence-corrected chi connectivity index (χ4v) is 2.46. The van der Waals surface area contributed by atoms with Crippen LogP contribution >= 0.6 is 12.6 Å². The molecule has 0 bridgehead atoms. The molecule has 0 spiro atoms. The Morgan fingerprint density at radius 1 is 1.32 bits per heavy atom. The molecule has 1 aliphatic rings. The Balaban J connectivity index is 1.95. The van der Waals surface area contributed by atoms with Crippen molar-refractivity contribution in [3.63, 3.8) is 0 Å². The van der Waals surface area contributed by atoms with Crippen molar-refractivity contribution in [2.75, 3.05) is 25.6 Å². The van der Waals surface area contributed by atoms with Gasteiger partial charge in [-0.1, -0.05) is 0 Å². The molecule has 104 valence electrons. The van der Waals surface area contributed by atoms with Gasteiger partial charge in [-0.2, -0.15) is 12.6 Å². The summed E-state index contributed by atoms with van der Waals surface area (Å²) in [7, 11) is 0. The minimum atomic E-state index is -0.419. The average molecular weight is 283 g/mol. The van der Waals surface area contributed by atoms with Crippen LogP contribution in [0.15, 0.2) is 24.3 Å². The Morgan fingerprint density at radius 2 is 1.95 bits per heavy atom. The van der Waals surface area contributed by atoms with Gasteiger partial charge in [0.05, 0.1) is 11.5 Å².